The monoisotopic (exact) mass is 401 g/mol. The zero-order valence-corrected chi connectivity index (χ0v) is 17.4. The lowest BCUT2D eigenvalue weighted by Gasteiger charge is -2.25. The van der Waals surface area contributed by atoms with Crippen LogP contribution in [0.15, 0.2) is 21.7 Å². The molecule has 3 atom stereocenters. The Bertz CT molecular complexity index is 1040. The van der Waals surface area contributed by atoms with E-state index in [-0.39, 0.29) is 12.1 Å². The number of hydrogen-bond acceptors (Lipinski definition) is 6. The fourth-order valence-electron chi connectivity index (χ4n) is 4.83. The van der Waals surface area contributed by atoms with Gasteiger partial charge in [-0.15, -0.1) is 0 Å². The Labute approximate surface area is 170 Å². The average molecular weight is 402 g/mol. The molecule has 4 rings (SSSR count). The maximum Gasteiger partial charge on any atom is 0.350 e. The Kier molecular flexibility index (Phi) is 5.16. The van der Waals surface area contributed by atoms with Gasteiger partial charge in [0.05, 0.1) is 10.9 Å². The van der Waals surface area contributed by atoms with E-state index in [2.05, 4.69) is 11.8 Å². The second kappa shape index (κ2) is 7.50. The summed E-state index contributed by atoms with van der Waals surface area (Å²) in [5.74, 6) is 6.61. The molecule has 0 radical (unpaired) electrons. The number of rotatable bonds is 6. The van der Waals surface area contributed by atoms with Gasteiger partial charge in [-0.05, 0) is 55.7 Å². The fourth-order valence-corrected chi connectivity index (χ4v) is 4.83. The largest absolute Gasteiger partial charge is 0.385 e. The molecule has 8 heteroatoms. The molecular weight excluding hydrogens is 370 g/mol. The number of aromatic nitrogens is 2. The van der Waals surface area contributed by atoms with Crippen LogP contribution in [-0.4, -0.2) is 42.1 Å². The Morgan fingerprint density at radius 1 is 1.24 bits per heavy atom. The summed E-state index contributed by atoms with van der Waals surface area (Å²) in [6.45, 7) is 6.66. The van der Waals surface area contributed by atoms with Crippen molar-refractivity contribution in [1.82, 2.24) is 9.24 Å². The van der Waals surface area contributed by atoms with Gasteiger partial charge in [0.2, 0.25) is 0 Å². The van der Waals surface area contributed by atoms with Crippen molar-refractivity contribution in [2.24, 2.45) is 17.6 Å². The number of hydrogen-bond donors (Lipinski definition) is 2. The molecule has 1 aromatic carbocycles. The Morgan fingerprint density at radius 3 is 2.62 bits per heavy atom. The summed E-state index contributed by atoms with van der Waals surface area (Å²) in [6, 6.07) is 4.01. The normalized spacial score (nSPS) is 23.1. The van der Waals surface area contributed by atoms with Gasteiger partial charge in [-0.3, -0.25) is 9.36 Å². The van der Waals surface area contributed by atoms with Crippen LogP contribution in [0.5, 0.6) is 0 Å². The number of anilines is 1. The number of ether oxygens (including phenoxy) is 1. The lowest BCUT2D eigenvalue weighted by molar-refractivity contribution is 0.176. The van der Waals surface area contributed by atoms with Crippen molar-refractivity contribution in [3.05, 3.63) is 38.5 Å². The van der Waals surface area contributed by atoms with Gasteiger partial charge in [-0.25, -0.2) is 4.79 Å². The van der Waals surface area contributed by atoms with Gasteiger partial charge >= 0.3 is 5.69 Å². The van der Waals surface area contributed by atoms with E-state index in [4.69, 9.17) is 16.3 Å². The minimum atomic E-state index is -0.439. The molecule has 0 bridgehead atoms. The molecule has 2 aromatic rings. The van der Waals surface area contributed by atoms with Crippen molar-refractivity contribution < 1.29 is 4.74 Å². The van der Waals surface area contributed by atoms with Crippen LogP contribution in [0.3, 0.4) is 0 Å². The minimum Gasteiger partial charge on any atom is -0.385 e. The number of aryl methyl sites for hydroxylation is 1. The third-order valence-corrected chi connectivity index (χ3v) is 6.63. The summed E-state index contributed by atoms with van der Waals surface area (Å²) in [5.41, 5.74) is 8.32. The predicted octanol–water partition coefficient (Wildman–Crippen LogP) is 0.956. The summed E-state index contributed by atoms with van der Waals surface area (Å²) < 4.78 is 7.65. The third-order valence-electron chi connectivity index (χ3n) is 6.63. The van der Waals surface area contributed by atoms with Crippen LogP contribution in [0.4, 0.5) is 5.69 Å². The number of benzene rings is 1. The van der Waals surface area contributed by atoms with Crippen LogP contribution in [0.1, 0.15) is 37.8 Å². The zero-order chi connectivity index (χ0) is 20.9. The molecule has 2 aliphatic rings. The second-order valence-corrected chi connectivity index (χ2v) is 8.66. The summed E-state index contributed by atoms with van der Waals surface area (Å²) in [7, 11) is 1.70. The first kappa shape index (κ1) is 20.0. The van der Waals surface area contributed by atoms with Crippen LogP contribution in [-0.2, 0) is 4.74 Å². The number of fused-ring (bicyclic) bond motifs is 1. The smallest absolute Gasteiger partial charge is 0.350 e. The maximum absolute atomic E-state index is 12.7. The highest BCUT2D eigenvalue weighted by atomic mass is 16.5. The molecular formula is C21H31N5O3. The fraction of sp³-hybridized carbons (Fsp3) is 0.619. The molecule has 1 saturated heterocycles. The van der Waals surface area contributed by atoms with E-state index in [1.807, 2.05) is 19.1 Å². The molecule has 158 valence electrons. The first-order valence-electron chi connectivity index (χ1n) is 10.4. The Balaban J connectivity index is 1.76. The molecule has 0 unspecified atom stereocenters. The molecule has 1 aromatic heterocycles. The number of nitrogen functional groups attached to an aromatic ring is 1. The molecule has 29 heavy (non-hydrogen) atoms. The topological polar surface area (TPSA) is 109 Å². The van der Waals surface area contributed by atoms with Crippen LogP contribution in [0.2, 0.25) is 0 Å². The Hall–Kier alpha value is -2.32. The van der Waals surface area contributed by atoms with E-state index in [0.717, 1.165) is 53.8 Å². The van der Waals surface area contributed by atoms with Gasteiger partial charge in [0.15, 0.2) is 0 Å². The molecule has 1 aliphatic carbocycles. The number of nitrogens with zero attached hydrogens (tertiary/aromatic N) is 3. The highest BCUT2D eigenvalue weighted by Gasteiger charge is 2.35. The summed E-state index contributed by atoms with van der Waals surface area (Å²) in [4.78, 5) is 27.7. The first-order chi connectivity index (χ1) is 13.8. The summed E-state index contributed by atoms with van der Waals surface area (Å²) in [5, 5.41) is 0.501. The standard InChI is InChI=1S/C21H31N5O3/c1-12-10-24(11-16(12)17(22)8-9-29-3)18-7-6-15-19(13(18)2)25(14-4-5-14)21(28)26(23)20(15)27/h6-7,12,14,16-17H,4-5,8-11,22-23H2,1-3H3/t12-,16+,17+/m1/s1. The second-order valence-electron chi connectivity index (χ2n) is 8.66. The molecule has 4 N–H and O–H groups in total. The Morgan fingerprint density at radius 2 is 1.97 bits per heavy atom. The predicted molar refractivity (Wildman–Crippen MR) is 115 cm³/mol. The van der Waals surface area contributed by atoms with Crippen molar-refractivity contribution >= 4 is 16.6 Å². The van der Waals surface area contributed by atoms with E-state index in [1.165, 1.54) is 0 Å². The van der Waals surface area contributed by atoms with Crippen molar-refractivity contribution in [2.45, 2.75) is 45.2 Å². The lowest BCUT2D eigenvalue weighted by Crippen LogP contribution is -2.44. The zero-order valence-electron chi connectivity index (χ0n) is 17.4. The van der Waals surface area contributed by atoms with Crippen molar-refractivity contribution in [1.29, 1.82) is 0 Å². The number of methoxy groups -OCH3 is 1. The van der Waals surface area contributed by atoms with Gasteiger partial charge in [-0.2, -0.15) is 4.68 Å². The molecule has 0 amide bonds. The highest BCUT2D eigenvalue weighted by Crippen LogP contribution is 2.39. The van der Waals surface area contributed by atoms with Gasteiger partial charge in [0.1, 0.15) is 0 Å². The van der Waals surface area contributed by atoms with E-state index >= 15 is 0 Å². The van der Waals surface area contributed by atoms with Crippen LogP contribution in [0, 0.1) is 18.8 Å². The molecule has 8 nitrogen and oxygen atoms in total. The average Bonchev–Trinajstić information content (AvgIpc) is 3.46. The summed E-state index contributed by atoms with van der Waals surface area (Å²) in [6.07, 6.45) is 2.72. The minimum absolute atomic E-state index is 0.0878. The van der Waals surface area contributed by atoms with Gasteiger partial charge < -0.3 is 21.2 Å². The van der Waals surface area contributed by atoms with E-state index in [1.54, 1.807) is 11.7 Å². The lowest BCUT2D eigenvalue weighted by atomic mass is 9.89. The molecule has 2 fully saturated rings. The van der Waals surface area contributed by atoms with E-state index in [9.17, 15) is 9.59 Å². The highest BCUT2D eigenvalue weighted by molar-refractivity contribution is 5.87. The van der Waals surface area contributed by atoms with Crippen LogP contribution >= 0.6 is 0 Å². The molecule has 1 aliphatic heterocycles. The molecule has 0 spiro atoms. The van der Waals surface area contributed by atoms with E-state index < -0.39 is 11.2 Å². The van der Waals surface area contributed by atoms with Crippen molar-refractivity contribution in [2.75, 3.05) is 37.5 Å². The van der Waals surface area contributed by atoms with Crippen LogP contribution < -0.4 is 27.7 Å². The van der Waals surface area contributed by atoms with Crippen LogP contribution in [0.25, 0.3) is 10.9 Å². The van der Waals surface area contributed by atoms with Crippen molar-refractivity contribution in [3.8, 4) is 0 Å². The van der Waals surface area contributed by atoms with E-state index in [0.29, 0.717) is 23.8 Å². The number of nitrogens with two attached hydrogens (primary N) is 2. The molecule has 1 saturated carbocycles. The SMILES string of the molecule is COCC[C@H](N)[C@H]1CN(c2ccc3c(=O)n(N)c(=O)n(C4CC4)c3c2C)C[C@H]1C. The van der Waals surface area contributed by atoms with Gasteiger partial charge in [0.25, 0.3) is 5.56 Å². The van der Waals surface area contributed by atoms with Crippen molar-refractivity contribution in [3.63, 3.8) is 0 Å². The summed E-state index contributed by atoms with van der Waals surface area (Å²) >= 11 is 0. The first-order valence-corrected chi connectivity index (χ1v) is 10.4. The third kappa shape index (κ3) is 3.34. The van der Waals surface area contributed by atoms with Gasteiger partial charge in [-0.1, -0.05) is 6.92 Å². The molecule has 2 heterocycles. The maximum atomic E-state index is 12.7. The quantitative estimate of drug-likeness (QED) is 0.698. The van der Waals surface area contributed by atoms with Gasteiger partial charge in [0, 0.05) is 44.6 Å².